The van der Waals surface area contributed by atoms with E-state index in [0.29, 0.717) is 0 Å². The fourth-order valence-electron chi connectivity index (χ4n) is 1.55. The molecule has 0 fully saturated rings. The lowest BCUT2D eigenvalue weighted by atomic mass is 10.3. The van der Waals surface area contributed by atoms with Crippen molar-refractivity contribution in [2.24, 2.45) is 0 Å². The predicted molar refractivity (Wildman–Crippen MR) is 69.8 cm³/mol. The van der Waals surface area contributed by atoms with Crippen LogP contribution in [0.3, 0.4) is 0 Å². The third-order valence-corrected chi connectivity index (χ3v) is 2.33. The maximum Gasteiger partial charge on any atom is 0.228 e. The Kier molecular flexibility index (Phi) is 3.57. The zero-order valence-corrected chi connectivity index (χ0v) is 11.2. The minimum Gasteiger partial charge on any atom is -0.362 e. The van der Waals surface area contributed by atoms with E-state index in [1.807, 2.05) is 63.9 Å². The molecule has 0 spiro atoms. The highest BCUT2D eigenvalue weighted by molar-refractivity contribution is 5.61. The molecule has 0 aliphatic rings. The van der Waals surface area contributed by atoms with E-state index in [-0.39, 0.29) is 0 Å². The molecular formula is C11H21N5. The highest BCUT2D eigenvalue weighted by atomic mass is 15.3. The summed E-state index contributed by atoms with van der Waals surface area (Å²) in [6.45, 7) is 2.05. The van der Waals surface area contributed by atoms with Crippen LogP contribution in [0.15, 0.2) is 0 Å². The van der Waals surface area contributed by atoms with Crippen LogP contribution in [0.25, 0.3) is 0 Å². The summed E-state index contributed by atoms with van der Waals surface area (Å²) in [5, 5.41) is 0. The number of rotatable bonds is 3. The number of hydrogen-bond donors (Lipinski definition) is 0. The van der Waals surface area contributed by atoms with Crippen molar-refractivity contribution in [2.75, 3.05) is 57.0 Å². The summed E-state index contributed by atoms with van der Waals surface area (Å²) in [6.07, 6.45) is 0. The third kappa shape index (κ3) is 2.35. The topological polar surface area (TPSA) is 35.5 Å². The van der Waals surface area contributed by atoms with Crippen molar-refractivity contribution in [3.8, 4) is 0 Å². The van der Waals surface area contributed by atoms with Gasteiger partial charge in [0.25, 0.3) is 0 Å². The maximum atomic E-state index is 4.53. The second-order valence-corrected chi connectivity index (χ2v) is 4.48. The second kappa shape index (κ2) is 4.55. The minimum absolute atomic E-state index is 0.734. The molecule has 5 heteroatoms. The molecule has 0 unspecified atom stereocenters. The molecule has 1 aromatic heterocycles. The van der Waals surface area contributed by atoms with Gasteiger partial charge in [-0.1, -0.05) is 0 Å². The molecule has 0 aliphatic heterocycles. The highest BCUT2D eigenvalue weighted by Gasteiger charge is 2.14. The molecule has 0 aromatic carbocycles. The Morgan fingerprint density at radius 1 is 0.688 bits per heavy atom. The molecule has 16 heavy (non-hydrogen) atoms. The molecule has 0 amide bonds. The normalized spacial score (nSPS) is 10.2. The van der Waals surface area contributed by atoms with Crippen LogP contribution in [0.5, 0.6) is 0 Å². The van der Waals surface area contributed by atoms with Gasteiger partial charge in [0.2, 0.25) is 5.95 Å². The standard InChI is InChI=1S/C11H21N5/c1-8-9(14(2)3)12-11(16(6)7)13-10(8)15(4)5/h1-7H3. The Morgan fingerprint density at radius 3 is 1.31 bits per heavy atom. The van der Waals surface area contributed by atoms with Gasteiger partial charge < -0.3 is 14.7 Å². The quantitative estimate of drug-likeness (QED) is 0.763. The van der Waals surface area contributed by atoms with Gasteiger partial charge in [-0.3, -0.25) is 0 Å². The molecule has 0 aliphatic carbocycles. The zero-order valence-electron chi connectivity index (χ0n) is 11.2. The van der Waals surface area contributed by atoms with E-state index in [9.17, 15) is 0 Å². The van der Waals surface area contributed by atoms with Gasteiger partial charge in [-0.15, -0.1) is 0 Å². The average Bonchev–Trinajstić information content (AvgIpc) is 2.16. The number of aromatic nitrogens is 2. The SMILES string of the molecule is Cc1c(N(C)C)nc(N(C)C)nc1N(C)C. The van der Waals surface area contributed by atoms with E-state index < -0.39 is 0 Å². The Bertz CT molecular complexity index is 342. The molecule has 0 bridgehead atoms. The van der Waals surface area contributed by atoms with Crippen LogP contribution >= 0.6 is 0 Å². The molecular weight excluding hydrogens is 202 g/mol. The van der Waals surface area contributed by atoms with Gasteiger partial charge in [0.05, 0.1) is 0 Å². The van der Waals surface area contributed by atoms with Crippen LogP contribution in [0.2, 0.25) is 0 Å². The summed E-state index contributed by atoms with van der Waals surface area (Å²) in [7, 11) is 11.9. The van der Waals surface area contributed by atoms with Gasteiger partial charge in [0.15, 0.2) is 0 Å². The first-order valence-corrected chi connectivity index (χ1v) is 5.25. The van der Waals surface area contributed by atoms with E-state index in [2.05, 4.69) is 9.97 Å². The van der Waals surface area contributed by atoms with Gasteiger partial charge in [0.1, 0.15) is 11.6 Å². The van der Waals surface area contributed by atoms with Crippen LogP contribution < -0.4 is 14.7 Å². The minimum atomic E-state index is 0.734. The first kappa shape index (κ1) is 12.5. The van der Waals surface area contributed by atoms with E-state index in [1.165, 1.54) is 0 Å². The van der Waals surface area contributed by atoms with Crippen LogP contribution in [-0.4, -0.2) is 52.3 Å². The van der Waals surface area contributed by atoms with Crippen molar-refractivity contribution in [3.63, 3.8) is 0 Å². The first-order chi connectivity index (χ1) is 7.34. The number of hydrogen-bond acceptors (Lipinski definition) is 5. The largest absolute Gasteiger partial charge is 0.362 e. The molecule has 0 saturated carbocycles. The highest BCUT2D eigenvalue weighted by Crippen LogP contribution is 2.26. The number of anilines is 3. The lowest BCUT2D eigenvalue weighted by Crippen LogP contribution is -2.22. The first-order valence-electron chi connectivity index (χ1n) is 5.25. The van der Waals surface area contributed by atoms with Gasteiger partial charge in [-0.2, -0.15) is 9.97 Å². The summed E-state index contributed by atoms with van der Waals surface area (Å²) in [5.41, 5.74) is 1.10. The fraction of sp³-hybridized carbons (Fsp3) is 0.636. The van der Waals surface area contributed by atoms with E-state index in [0.717, 1.165) is 23.1 Å². The van der Waals surface area contributed by atoms with E-state index in [1.54, 1.807) is 0 Å². The molecule has 0 N–H and O–H groups in total. The summed E-state index contributed by atoms with van der Waals surface area (Å²) in [5.74, 6) is 2.66. The van der Waals surface area contributed by atoms with Crippen LogP contribution in [0.1, 0.15) is 5.56 Å². The Balaban J connectivity index is 3.39. The lowest BCUT2D eigenvalue weighted by Gasteiger charge is -2.23. The molecule has 0 saturated heterocycles. The second-order valence-electron chi connectivity index (χ2n) is 4.48. The molecule has 0 radical (unpaired) electrons. The van der Waals surface area contributed by atoms with Crippen LogP contribution in [0, 0.1) is 6.92 Å². The monoisotopic (exact) mass is 223 g/mol. The fourth-order valence-corrected chi connectivity index (χ4v) is 1.55. The molecule has 1 aromatic rings. The van der Waals surface area contributed by atoms with Crippen molar-refractivity contribution < 1.29 is 0 Å². The Hall–Kier alpha value is -1.52. The van der Waals surface area contributed by atoms with Crippen molar-refractivity contribution in [2.45, 2.75) is 6.92 Å². The van der Waals surface area contributed by atoms with Gasteiger partial charge >= 0.3 is 0 Å². The molecule has 1 heterocycles. The summed E-state index contributed by atoms with van der Waals surface area (Å²) in [4.78, 5) is 15.0. The van der Waals surface area contributed by atoms with Crippen LogP contribution in [0.4, 0.5) is 17.6 Å². The zero-order chi connectivity index (χ0) is 12.5. The smallest absolute Gasteiger partial charge is 0.228 e. The van der Waals surface area contributed by atoms with Crippen molar-refractivity contribution >= 4 is 17.6 Å². The van der Waals surface area contributed by atoms with E-state index >= 15 is 0 Å². The molecule has 90 valence electrons. The van der Waals surface area contributed by atoms with Crippen molar-refractivity contribution in [3.05, 3.63) is 5.56 Å². The summed E-state index contributed by atoms with van der Waals surface area (Å²) >= 11 is 0. The van der Waals surface area contributed by atoms with E-state index in [4.69, 9.17) is 0 Å². The van der Waals surface area contributed by atoms with Crippen molar-refractivity contribution in [1.82, 2.24) is 9.97 Å². The van der Waals surface area contributed by atoms with Crippen LogP contribution in [-0.2, 0) is 0 Å². The lowest BCUT2D eigenvalue weighted by molar-refractivity contribution is 0.930. The maximum absolute atomic E-state index is 4.53. The molecule has 1 rings (SSSR count). The Labute approximate surface area is 97.7 Å². The predicted octanol–water partition coefficient (Wildman–Crippen LogP) is 0.983. The van der Waals surface area contributed by atoms with Crippen molar-refractivity contribution in [1.29, 1.82) is 0 Å². The van der Waals surface area contributed by atoms with Gasteiger partial charge in [-0.05, 0) is 6.92 Å². The molecule has 0 atom stereocenters. The van der Waals surface area contributed by atoms with Gasteiger partial charge in [-0.25, -0.2) is 0 Å². The van der Waals surface area contributed by atoms with Gasteiger partial charge in [0, 0.05) is 47.8 Å². The summed E-state index contributed by atoms with van der Waals surface area (Å²) in [6, 6.07) is 0. The number of nitrogens with zero attached hydrogens (tertiary/aromatic N) is 5. The third-order valence-electron chi connectivity index (χ3n) is 2.33. The molecule has 5 nitrogen and oxygen atoms in total. The Morgan fingerprint density at radius 2 is 1.06 bits per heavy atom. The average molecular weight is 223 g/mol. The summed E-state index contributed by atoms with van der Waals surface area (Å²) < 4.78 is 0.